The van der Waals surface area contributed by atoms with Gasteiger partial charge in [-0.15, -0.1) is 0 Å². The molecule has 1 amide bonds. The minimum Gasteiger partial charge on any atom is -0.491 e. The lowest BCUT2D eigenvalue weighted by Crippen LogP contribution is -2.37. The topological polar surface area (TPSA) is 69.7 Å². The van der Waals surface area contributed by atoms with Crippen molar-refractivity contribution in [1.82, 2.24) is 10.3 Å². The van der Waals surface area contributed by atoms with Gasteiger partial charge in [-0.3, -0.25) is 4.79 Å². The van der Waals surface area contributed by atoms with Crippen LogP contribution < -0.4 is 14.8 Å². The van der Waals surface area contributed by atoms with Gasteiger partial charge in [0, 0.05) is 13.3 Å². The highest BCUT2D eigenvalue weighted by Gasteiger charge is 2.34. The van der Waals surface area contributed by atoms with Crippen LogP contribution in [-0.2, 0) is 10.9 Å². The minimum atomic E-state index is -4.52. The highest BCUT2D eigenvalue weighted by molar-refractivity contribution is 5.96. The molecular formula is C19H21F3N2O4. The lowest BCUT2D eigenvalue weighted by Gasteiger charge is -2.18. The molecule has 1 unspecified atom stereocenters. The van der Waals surface area contributed by atoms with E-state index in [4.69, 9.17) is 14.2 Å². The molecule has 9 heteroatoms. The smallest absolute Gasteiger partial charge is 0.419 e. The molecule has 1 aromatic carbocycles. The molecule has 6 nitrogen and oxygen atoms in total. The van der Waals surface area contributed by atoms with E-state index in [2.05, 4.69) is 10.3 Å². The molecule has 0 saturated heterocycles. The third-order valence-electron chi connectivity index (χ3n) is 3.60. The maximum atomic E-state index is 13.0. The van der Waals surface area contributed by atoms with Crippen molar-refractivity contribution in [2.75, 3.05) is 26.9 Å². The van der Waals surface area contributed by atoms with Crippen molar-refractivity contribution in [3.8, 4) is 11.6 Å². The molecule has 1 atom stereocenters. The van der Waals surface area contributed by atoms with Crippen LogP contribution in [-0.4, -0.2) is 43.9 Å². The summed E-state index contributed by atoms with van der Waals surface area (Å²) >= 11 is 0. The van der Waals surface area contributed by atoms with Crippen molar-refractivity contribution in [2.24, 2.45) is 0 Å². The van der Waals surface area contributed by atoms with Gasteiger partial charge < -0.3 is 19.5 Å². The predicted octanol–water partition coefficient (Wildman–Crippen LogP) is 3.32. The Morgan fingerprint density at radius 2 is 1.89 bits per heavy atom. The Hall–Kier alpha value is -2.81. The van der Waals surface area contributed by atoms with Gasteiger partial charge in [-0.1, -0.05) is 12.1 Å². The van der Waals surface area contributed by atoms with Crippen LogP contribution in [0.3, 0.4) is 0 Å². The summed E-state index contributed by atoms with van der Waals surface area (Å²) in [5.74, 6) is -0.616. The largest absolute Gasteiger partial charge is 0.491 e. The first-order chi connectivity index (χ1) is 13.3. The van der Waals surface area contributed by atoms with E-state index in [-0.39, 0.29) is 30.4 Å². The summed E-state index contributed by atoms with van der Waals surface area (Å²) in [5, 5.41) is 2.66. The van der Waals surface area contributed by atoms with E-state index in [1.165, 1.54) is 37.6 Å². The van der Waals surface area contributed by atoms with Crippen LogP contribution in [0.15, 0.2) is 42.6 Å². The number of pyridine rings is 1. The molecule has 1 N–H and O–H groups in total. The van der Waals surface area contributed by atoms with E-state index in [9.17, 15) is 18.0 Å². The van der Waals surface area contributed by atoms with Crippen molar-refractivity contribution in [2.45, 2.75) is 19.1 Å². The van der Waals surface area contributed by atoms with Gasteiger partial charge in [0.25, 0.3) is 5.91 Å². The fourth-order valence-electron chi connectivity index (χ4n) is 2.29. The van der Waals surface area contributed by atoms with Gasteiger partial charge in [-0.25, -0.2) is 4.98 Å². The fourth-order valence-corrected chi connectivity index (χ4v) is 2.29. The number of alkyl halides is 3. The average molecular weight is 398 g/mol. The molecule has 0 bridgehead atoms. The first kappa shape index (κ1) is 21.5. The number of para-hydroxylation sites is 1. The summed E-state index contributed by atoms with van der Waals surface area (Å²) in [6, 6.07) is 7.48. The molecule has 0 aliphatic rings. The predicted molar refractivity (Wildman–Crippen MR) is 95.5 cm³/mol. The molecule has 0 aliphatic heterocycles. The zero-order valence-electron chi connectivity index (χ0n) is 15.5. The fraction of sp³-hybridized carbons (Fsp3) is 0.368. The Bertz CT molecular complexity index is 784. The summed E-state index contributed by atoms with van der Waals surface area (Å²) in [7, 11) is 1.52. The third-order valence-corrected chi connectivity index (χ3v) is 3.60. The summed E-state index contributed by atoms with van der Waals surface area (Å²) in [6.07, 6.45) is -3.03. The molecular weight excluding hydrogens is 377 g/mol. The van der Waals surface area contributed by atoms with Crippen LogP contribution in [0, 0.1) is 0 Å². The van der Waals surface area contributed by atoms with E-state index in [1.54, 1.807) is 13.0 Å². The average Bonchev–Trinajstić information content (AvgIpc) is 2.66. The molecule has 152 valence electrons. The molecule has 2 rings (SSSR count). The molecule has 0 saturated carbocycles. The third kappa shape index (κ3) is 6.12. The minimum absolute atomic E-state index is 0.140. The summed E-state index contributed by atoms with van der Waals surface area (Å²) < 4.78 is 54.6. The normalized spacial score (nSPS) is 12.3. The Labute approximate surface area is 160 Å². The Balaban J connectivity index is 1.97. The molecule has 0 radical (unpaired) electrons. The second-order valence-corrected chi connectivity index (χ2v) is 5.88. The second-order valence-electron chi connectivity index (χ2n) is 5.88. The van der Waals surface area contributed by atoms with Gasteiger partial charge in [0.15, 0.2) is 0 Å². The van der Waals surface area contributed by atoms with Gasteiger partial charge in [0.05, 0.1) is 18.2 Å². The number of nitrogens with zero attached hydrogens (tertiary/aromatic N) is 1. The number of benzene rings is 1. The maximum absolute atomic E-state index is 13.0. The van der Waals surface area contributed by atoms with Crippen molar-refractivity contribution < 1.29 is 32.2 Å². The Morgan fingerprint density at radius 1 is 1.14 bits per heavy atom. The number of rotatable bonds is 9. The zero-order valence-corrected chi connectivity index (χ0v) is 15.5. The highest BCUT2D eigenvalue weighted by Crippen LogP contribution is 2.35. The Morgan fingerprint density at radius 3 is 2.61 bits per heavy atom. The number of methoxy groups -OCH3 is 1. The van der Waals surface area contributed by atoms with Gasteiger partial charge in [-0.2, -0.15) is 13.2 Å². The van der Waals surface area contributed by atoms with Crippen molar-refractivity contribution in [3.05, 3.63) is 53.7 Å². The van der Waals surface area contributed by atoms with E-state index >= 15 is 0 Å². The SMILES string of the molecule is COCCOc1ncccc1C(=O)NC(C)COc1ccccc1C(F)(F)F. The maximum Gasteiger partial charge on any atom is 0.419 e. The van der Waals surface area contributed by atoms with Crippen molar-refractivity contribution in [1.29, 1.82) is 0 Å². The lowest BCUT2D eigenvalue weighted by atomic mass is 10.2. The molecule has 28 heavy (non-hydrogen) atoms. The molecule has 1 aromatic heterocycles. The quantitative estimate of drug-likeness (QED) is 0.657. The van der Waals surface area contributed by atoms with E-state index in [1.807, 2.05) is 0 Å². The number of halogens is 3. The summed E-state index contributed by atoms with van der Waals surface area (Å²) in [6.45, 7) is 2.04. The Kier molecular flexibility index (Phi) is 7.62. The van der Waals surface area contributed by atoms with Crippen LogP contribution >= 0.6 is 0 Å². The monoisotopic (exact) mass is 398 g/mol. The van der Waals surface area contributed by atoms with Crippen LogP contribution in [0.2, 0.25) is 0 Å². The summed E-state index contributed by atoms with van der Waals surface area (Å²) in [4.78, 5) is 16.5. The van der Waals surface area contributed by atoms with E-state index in [0.717, 1.165) is 6.07 Å². The lowest BCUT2D eigenvalue weighted by molar-refractivity contribution is -0.139. The molecule has 0 aliphatic carbocycles. The van der Waals surface area contributed by atoms with Crippen molar-refractivity contribution in [3.63, 3.8) is 0 Å². The van der Waals surface area contributed by atoms with Crippen LogP contribution in [0.5, 0.6) is 11.6 Å². The number of amides is 1. The van der Waals surface area contributed by atoms with E-state index in [0.29, 0.717) is 6.61 Å². The number of ether oxygens (including phenoxy) is 3. The number of hydrogen-bond acceptors (Lipinski definition) is 5. The molecule has 2 aromatic rings. The van der Waals surface area contributed by atoms with Gasteiger partial charge in [0.2, 0.25) is 5.88 Å². The number of carbonyl (C=O) groups excluding carboxylic acids is 1. The first-order valence-corrected chi connectivity index (χ1v) is 8.49. The van der Waals surface area contributed by atoms with Crippen LogP contribution in [0.4, 0.5) is 13.2 Å². The van der Waals surface area contributed by atoms with Gasteiger partial charge in [0.1, 0.15) is 24.5 Å². The number of nitrogens with one attached hydrogen (secondary N) is 1. The summed E-state index contributed by atoms with van der Waals surface area (Å²) in [5.41, 5.74) is -0.657. The number of hydrogen-bond donors (Lipinski definition) is 1. The second kappa shape index (κ2) is 9.93. The van der Waals surface area contributed by atoms with Gasteiger partial charge in [-0.05, 0) is 31.2 Å². The highest BCUT2D eigenvalue weighted by atomic mass is 19.4. The first-order valence-electron chi connectivity index (χ1n) is 8.49. The van der Waals surface area contributed by atoms with Crippen molar-refractivity contribution >= 4 is 5.91 Å². The van der Waals surface area contributed by atoms with Gasteiger partial charge >= 0.3 is 6.18 Å². The molecule has 1 heterocycles. The standard InChI is InChI=1S/C19H21F3N2O4/c1-13(12-28-16-8-4-3-7-15(16)19(20,21)22)24-17(25)14-6-5-9-23-18(14)27-11-10-26-2/h3-9,13H,10-12H2,1-2H3,(H,24,25). The van der Waals surface area contributed by atoms with E-state index < -0.39 is 23.7 Å². The van der Waals surface area contributed by atoms with Crippen LogP contribution in [0.25, 0.3) is 0 Å². The van der Waals surface area contributed by atoms with Crippen LogP contribution in [0.1, 0.15) is 22.8 Å². The number of carbonyl (C=O) groups is 1. The molecule has 0 spiro atoms. The number of aromatic nitrogens is 1. The molecule has 0 fully saturated rings. The zero-order chi connectivity index (χ0) is 20.6.